The van der Waals surface area contributed by atoms with Crippen LogP contribution in [0.4, 0.5) is 11.4 Å². The fourth-order valence-electron chi connectivity index (χ4n) is 2.37. The van der Waals surface area contributed by atoms with Crippen molar-refractivity contribution in [3.05, 3.63) is 57.2 Å². The first kappa shape index (κ1) is 16.8. The second-order valence-corrected chi connectivity index (χ2v) is 6.38. The third-order valence-electron chi connectivity index (χ3n) is 3.69. The third kappa shape index (κ3) is 4.00. The van der Waals surface area contributed by atoms with Crippen LogP contribution in [0, 0.1) is 10.5 Å². The fraction of sp³-hybridized carbons (Fsp3) is 0.278. The third-order valence-corrected chi connectivity index (χ3v) is 4.41. The molecule has 0 aliphatic carbocycles. The minimum absolute atomic E-state index is 0.0740. The molecule has 0 radical (unpaired) electrons. The molecule has 0 atom stereocenters. The molecule has 0 heterocycles. The average Bonchev–Trinajstić information content (AvgIpc) is 2.51. The first-order valence-corrected chi connectivity index (χ1v) is 8.55. The van der Waals surface area contributed by atoms with Gasteiger partial charge in [-0.25, -0.2) is 0 Å². The maximum Gasteiger partial charge on any atom is 0.255 e. The zero-order chi connectivity index (χ0) is 16.1. The molecule has 0 aliphatic heterocycles. The molecule has 0 aliphatic rings. The summed E-state index contributed by atoms with van der Waals surface area (Å²) in [6, 6.07) is 13.7. The summed E-state index contributed by atoms with van der Waals surface area (Å²) in [5.74, 6) is -0.0740. The number of nitrogens with one attached hydrogen (secondary N) is 1. The van der Waals surface area contributed by atoms with Crippen molar-refractivity contribution in [3.63, 3.8) is 0 Å². The number of aryl methyl sites for hydroxylation is 1. The van der Waals surface area contributed by atoms with Crippen molar-refractivity contribution < 1.29 is 4.79 Å². The Morgan fingerprint density at radius 2 is 1.73 bits per heavy atom. The average molecular weight is 408 g/mol. The van der Waals surface area contributed by atoms with Gasteiger partial charge in [0, 0.05) is 33.6 Å². The van der Waals surface area contributed by atoms with Gasteiger partial charge in [-0.3, -0.25) is 4.79 Å². The van der Waals surface area contributed by atoms with Gasteiger partial charge in [0.15, 0.2) is 0 Å². The van der Waals surface area contributed by atoms with Crippen LogP contribution in [0.2, 0.25) is 0 Å². The lowest BCUT2D eigenvalue weighted by Gasteiger charge is -2.22. The number of carbonyl (C=O) groups is 1. The van der Waals surface area contributed by atoms with Crippen LogP contribution in [0.1, 0.15) is 29.8 Å². The summed E-state index contributed by atoms with van der Waals surface area (Å²) in [6.45, 7) is 8.27. The molecule has 0 unspecified atom stereocenters. The molecule has 3 nitrogen and oxygen atoms in total. The molecule has 2 aromatic rings. The fourth-order valence-corrected chi connectivity index (χ4v) is 2.73. The molecule has 0 saturated heterocycles. The van der Waals surface area contributed by atoms with Crippen LogP contribution in [0.3, 0.4) is 0 Å². The van der Waals surface area contributed by atoms with Gasteiger partial charge in [-0.1, -0.05) is 0 Å². The Morgan fingerprint density at radius 3 is 2.27 bits per heavy atom. The number of hydrogen-bond acceptors (Lipinski definition) is 2. The number of nitrogens with zero attached hydrogens (tertiary/aromatic N) is 1. The van der Waals surface area contributed by atoms with E-state index in [9.17, 15) is 4.79 Å². The molecule has 116 valence electrons. The van der Waals surface area contributed by atoms with Gasteiger partial charge in [0.1, 0.15) is 0 Å². The maximum atomic E-state index is 12.3. The quantitative estimate of drug-likeness (QED) is 0.728. The lowest BCUT2D eigenvalue weighted by Crippen LogP contribution is -2.22. The number of hydrogen-bond donors (Lipinski definition) is 1. The minimum atomic E-state index is -0.0740. The van der Waals surface area contributed by atoms with E-state index >= 15 is 0 Å². The minimum Gasteiger partial charge on any atom is -0.372 e. The summed E-state index contributed by atoms with van der Waals surface area (Å²) in [5, 5.41) is 2.99. The van der Waals surface area contributed by atoms with E-state index in [1.54, 1.807) is 0 Å². The maximum absolute atomic E-state index is 12.3. The Balaban J connectivity index is 2.16. The number of amides is 1. The van der Waals surface area contributed by atoms with Crippen LogP contribution >= 0.6 is 22.6 Å². The predicted molar refractivity (Wildman–Crippen MR) is 102 cm³/mol. The van der Waals surface area contributed by atoms with Crippen LogP contribution in [0.25, 0.3) is 0 Å². The Labute approximate surface area is 145 Å². The Bertz CT molecular complexity index is 649. The van der Waals surface area contributed by atoms with Gasteiger partial charge < -0.3 is 10.2 Å². The van der Waals surface area contributed by atoms with E-state index in [-0.39, 0.29) is 5.91 Å². The van der Waals surface area contributed by atoms with Gasteiger partial charge in [-0.2, -0.15) is 0 Å². The second kappa shape index (κ2) is 7.63. The smallest absolute Gasteiger partial charge is 0.255 e. The number of halogens is 1. The Morgan fingerprint density at radius 1 is 1.09 bits per heavy atom. The number of benzene rings is 2. The highest BCUT2D eigenvalue weighted by molar-refractivity contribution is 14.1. The van der Waals surface area contributed by atoms with E-state index in [1.807, 2.05) is 37.3 Å². The number of carbonyl (C=O) groups excluding carboxylic acids is 1. The van der Waals surface area contributed by atoms with Crippen LogP contribution in [-0.4, -0.2) is 19.0 Å². The highest BCUT2D eigenvalue weighted by Crippen LogP contribution is 2.23. The molecular weight excluding hydrogens is 387 g/mol. The summed E-state index contributed by atoms with van der Waals surface area (Å²) in [6.07, 6.45) is 0. The highest BCUT2D eigenvalue weighted by atomic mass is 127. The van der Waals surface area contributed by atoms with Gasteiger partial charge in [0.05, 0.1) is 0 Å². The largest absolute Gasteiger partial charge is 0.372 e. The van der Waals surface area contributed by atoms with Crippen molar-refractivity contribution in [1.29, 1.82) is 0 Å². The summed E-state index contributed by atoms with van der Waals surface area (Å²) >= 11 is 2.23. The first-order valence-electron chi connectivity index (χ1n) is 7.47. The van der Waals surface area contributed by atoms with E-state index in [0.717, 1.165) is 27.9 Å². The van der Waals surface area contributed by atoms with Crippen molar-refractivity contribution in [2.75, 3.05) is 23.3 Å². The van der Waals surface area contributed by atoms with E-state index in [4.69, 9.17) is 0 Å². The van der Waals surface area contributed by atoms with Crippen LogP contribution in [0.5, 0.6) is 0 Å². The van der Waals surface area contributed by atoms with E-state index in [2.05, 4.69) is 58.8 Å². The predicted octanol–water partition coefficient (Wildman–Crippen LogP) is 4.70. The zero-order valence-electron chi connectivity index (χ0n) is 13.2. The van der Waals surface area contributed by atoms with E-state index in [0.29, 0.717) is 5.56 Å². The molecule has 1 N–H and O–H groups in total. The van der Waals surface area contributed by atoms with E-state index in [1.165, 1.54) is 5.69 Å². The highest BCUT2D eigenvalue weighted by Gasteiger charge is 2.09. The van der Waals surface area contributed by atoms with Crippen molar-refractivity contribution in [2.45, 2.75) is 20.8 Å². The monoisotopic (exact) mass is 408 g/mol. The van der Waals surface area contributed by atoms with Crippen LogP contribution in [0.15, 0.2) is 42.5 Å². The molecule has 22 heavy (non-hydrogen) atoms. The molecule has 0 aromatic heterocycles. The van der Waals surface area contributed by atoms with Gasteiger partial charge in [0.2, 0.25) is 0 Å². The van der Waals surface area contributed by atoms with Crippen molar-refractivity contribution >= 4 is 39.9 Å². The Kier molecular flexibility index (Phi) is 5.83. The molecule has 4 heteroatoms. The summed E-state index contributed by atoms with van der Waals surface area (Å²) in [7, 11) is 0. The summed E-state index contributed by atoms with van der Waals surface area (Å²) < 4.78 is 1.12. The van der Waals surface area contributed by atoms with Gasteiger partial charge >= 0.3 is 0 Å². The molecule has 0 spiro atoms. The Hall–Kier alpha value is -1.56. The molecule has 0 bridgehead atoms. The molecular formula is C18H21IN2O. The van der Waals surface area contributed by atoms with Crippen LogP contribution < -0.4 is 10.2 Å². The second-order valence-electron chi connectivity index (χ2n) is 5.13. The molecule has 2 rings (SSSR count). The van der Waals surface area contributed by atoms with Gasteiger partial charge in [-0.05, 0) is 91.4 Å². The normalized spacial score (nSPS) is 10.4. The number of anilines is 2. The molecule has 2 aromatic carbocycles. The molecule has 1 amide bonds. The molecule has 0 saturated carbocycles. The first-order chi connectivity index (χ1) is 10.5. The standard InChI is InChI=1S/C18H21IN2O/c1-4-21(5-2)16-10-11-17(13(3)12-16)20-18(22)14-6-8-15(19)9-7-14/h6-12H,4-5H2,1-3H3,(H,20,22). The van der Waals surface area contributed by atoms with Crippen LogP contribution in [-0.2, 0) is 0 Å². The molecule has 0 fully saturated rings. The van der Waals surface area contributed by atoms with Crippen molar-refractivity contribution in [3.8, 4) is 0 Å². The van der Waals surface area contributed by atoms with Crippen molar-refractivity contribution in [1.82, 2.24) is 0 Å². The zero-order valence-corrected chi connectivity index (χ0v) is 15.3. The topological polar surface area (TPSA) is 32.3 Å². The van der Waals surface area contributed by atoms with Gasteiger partial charge in [-0.15, -0.1) is 0 Å². The summed E-state index contributed by atoms with van der Waals surface area (Å²) in [4.78, 5) is 14.6. The lowest BCUT2D eigenvalue weighted by molar-refractivity contribution is 0.102. The SMILES string of the molecule is CCN(CC)c1ccc(NC(=O)c2ccc(I)cc2)c(C)c1. The van der Waals surface area contributed by atoms with Crippen molar-refractivity contribution in [2.24, 2.45) is 0 Å². The lowest BCUT2D eigenvalue weighted by atomic mass is 10.1. The van der Waals surface area contributed by atoms with Gasteiger partial charge in [0.25, 0.3) is 5.91 Å². The summed E-state index contributed by atoms with van der Waals surface area (Å²) in [5.41, 5.74) is 3.80. The number of rotatable bonds is 5. The van der Waals surface area contributed by atoms with E-state index < -0.39 is 0 Å².